The van der Waals surface area contributed by atoms with Crippen molar-refractivity contribution in [2.24, 2.45) is 0 Å². The van der Waals surface area contributed by atoms with Crippen molar-refractivity contribution in [2.75, 3.05) is 5.32 Å². The summed E-state index contributed by atoms with van der Waals surface area (Å²) in [6.07, 6.45) is 2.31. The van der Waals surface area contributed by atoms with Gasteiger partial charge in [0, 0.05) is 22.4 Å². The number of nitrogens with one attached hydrogen (secondary N) is 1. The molecule has 0 bridgehead atoms. The van der Waals surface area contributed by atoms with Crippen molar-refractivity contribution in [2.45, 2.75) is 39.8 Å². The largest absolute Gasteiger partial charge is 0.488 e. The molecule has 0 fully saturated rings. The molecule has 1 N–H and O–H groups in total. The first-order valence-corrected chi connectivity index (χ1v) is 7.82. The van der Waals surface area contributed by atoms with Crippen LogP contribution < -0.4 is 10.1 Å². The summed E-state index contributed by atoms with van der Waals surface area (Å²) in [5, 5.41) is 3.62. The maximum Gasteiger partial charge on any atom is 0.127 e. The van der Waals surface area contributed by atoms with Gasteiger partial charge in [-0.1, -0.05) is 23.8 Å². The fourth-order valence-corrected chi connectivity index (χ4v) is 3.73. The van der Waals surface area contributed by atoms with Gasteiger partial charge in [-0.15, -0.1) is 0 Å². The zero-order valence-corrected chi connectivity index (χ0v) is 13.6. The topological polar surface area (TPSA) is 21.3 Å². The lowest BCUT2D eigenvalue weighted by atomic mass is 9.84. The van der Waals surface area contributed by atoms with E-state index in [1.165, 1.54) is 39.1 Å². The minimum atomic E-state index is -0.00462. The average molecular weight is 291 g/mol. The van der Waals surface area contributed by atoms with Crippen molar-refractivity contribution in [1.29, 1.82) is 0 Å². The highest BCUT2D eigenvalue weighted by Gasteiger charge is 2.28. The van der Waals surface area contributed by atoms with E-state index >= 15 is 0 Å². The minimum Gasteiger partial charge on any atom is -0.488 e. The maximum absolute atomic E-state index is 6.02. The van der Waals surface area contributed by atoms with Gasteiger partial charge in [-0.05, 0) is 57.0 Å². The molecule has 22 heavy (non-hydrogen) atoms. The van der Waals surface area contributed by atoms with E-state index in [1.807, 2.05) is 0 Å². The van der Waals surface area contributed by atoms with Crippen molar-refractivity contribution in [3.8, 4) is 16.9 Å². The van der Waals surface area contributed by atoms with Crippen LogP contribution in [-0.4, -0.2) is 5.54 Å². The van der Waals surface area contributed by atoms with Gasteiger partial charge < -0.3 is 10.1 Å². The van der Waals surface area contributed by atoms with Crippen LogP contribution >= 0.6 is 0 Å². The molecule has 2 nitrogen and oxygen atoms in total. The molecule has 112 valence electrons. The smallest absolute Gasteiger partial charge is 0.127 e. The Bertz CT molecular complexity index is 815. The number of hydrogen-bond donors (Lipinski definition) is 1. The van der Waals surface area contributed by atoms with Gasteiger partial charge in [-0.25, -0.2) is 0 Å². The molecule has 0 atom stereocenters. The number of ether oxygens (including phenoxy) is 1. The Balaban J connectivity index is 1.96. The molecule has 2 aliphatic heterocycles. The van der Waals surface area contributed by atoms with Crippen molar-refractivity contribution in [1.82, 2.24) is 0 Å². The van der Waals surface area contributed by atoms with Crippen molar-refractivity contribution in [3.63, 3.8) is 0 Å². The molecule has 2 heterocycles. The Labute approximate surface area is 131 Å². The van der Waals surface area contributed by atoms with Gasteiger partial charge in [0.15, 0.2) is 0 Å². The first kappa shape index (κ1) is 13.4. The van der Waals surface area contributed by atoms with Crippen LogP contribution in [0.25, 0.3) is 16.7 Å². The standard InChI is InChI=1S/C20H21NO/c1-12-5-8-18-15(9-12)14-6-7-17-19(16(14)11-22-18)13(2)10-20(3,4)21-17/h5-10,21H,11H2,1-4H3. The highest BCUT2D eigenvalue weighted by atomic mass is 16.5. The van der Waals surface area contributed by atoms with E-state index in [2.05, 4.69) is 69.4 Å². The van der Waals surface area contributed by atoms with Crippen LogP contribution in [0.15, 0.2) is 36.4 Å². The predicted molar refractivity (Wildman–Crippen MR) is 92.3 cm³/mol. The molecule has 0 spiro atoms. The summed E-state index contributed by atoms with van der Waals surface area (Å²) in [5.41, 5.74) is 8.92. The van der Waals surface area contributed by atoms with E-state index in [4.69, 9.17) is 4.74 Å². The van der Waals surface area contributed by atoms with Crippen LogP contribution in [0.2, 0.25) is 0 Å². The van der Waals surface area contributed by atoms with E-state index in [1.54, 1.807) is 0 Å². The zero-order valence-electron chi connectivity index (χ0n) is 13.6. The summed E-state index contributed by atoms with van der Waals surface area (Å²) in [6, 6.07) is 10.9. The second kappa shape index (κ2) is 4.39. The number of hydrogen-bond acceptors (Lipinski definition) is 2. The third kappa shape index (κ3) is 1.94. The van der Waals surface area contributed by atoms with E-state index in [9.17, 15) is 0 Å². The molecule has 0 saturated heterocycles. The first-order valence-electron chi connectivity index (χ1n) is 7.82. The van der Waals surface area contributed by atoms with Crippen LogP contribution in [-0.2, 0) is 6.61 Å². The van der Waals surface area contributed by atoms with Gasteiger partial charge in [-0.3, -0.25) is 0 Å². The summed E-state index contributed by atoms with van der Waals surface area (Å²) in [5.74, 6) is 0.990. The molecule has 0 amide bonds. The molecule has 2 aromatic carbocycles. The second-order valence-corrected chi connectivity index (χ2v) is 6.98. The molecule has 0 aliphatic carbocycles. The molecule has 2 aromatic rings. The van der Waals surface area contributed by atoms with Gasteiger partial charge in [0.05, 0.1) is 5.54 Å². The third-order valence-electron chi connectivity index (χ3n) is 4.54. The fraction of sp³-hybridized carbons (Fsp3) is 0.300. The predicted octanol–water partition coefficient (Wildman–Crippen LogP) is 5.16. The molecular weight excluding hydrogens is 270 g/mol. The van der Waals surface area contributed by atoms with Crippen molar-refractivity contribution >= 4 is 11.3 Å². The molecule has 2 aliphatic rings. The SMILES string of the molecule is CC1=CC(C)(C)Nc2ccc3c(c21)COc1ccc(C)cc1-3. The highest BCUT2D eigenvalue weighted by molar-refractivity contribution is 5.89. The second-order valence-electron chi connectivity index (χ2n) is 6.98. The lowest BCUT2D eigenvalue weighted by Gasteiger charge is -2.34. The summed E-state index contributed by atoms with van der Waals surface area (Å²) in [4.78, 5) is 0. The lowest BCUT2D eigenvalue weighted by molar-refractivity contribution is 0.302. The van der Waals surface area contributed by atoms with E-state index in [-0.39, 0.29) is 5.54 Å². The summed E-state index contributed by atoms with van der Waals surface area (Å²) in [7, 11) is 0. The molecule has 2 heteroatoms. The van der Waals surface area contributed by atoms with Crippen molar-refractivity contribution in [3.05, 3.63) is 53.1 Å². The van der Waals surface area contributed by atoms with E-state index < -0.39 is 0 Å². The number of rotatable bonds is 0. The quantitative estimate of drug-likeness (QED) is 0.723. The van der Waals surface area contributed by atoms with Crippen molar-refractivity contribution < 1.29 is 4.74 Å². The number of aryl methyl sites for hydroxylation is 1. The minimum absolute atomic E-state index is 0.00462. The molecule has 0 saturated carbocycles. The zero-order chi connectivity index (χ0) is 15.5. The van der Waals surface area contributed by atoms with Crippen LogP contribution in [0, 0.1) is 6.92 Å². The maximum atomic E-state index is 6.02. The van der Waals surface area contributed by atoms with Crippen LogP contribution in [0.1, 0.15) is 37.5 Å². The molecule has 0 radical (unpaired) electrons. The number of allylic oxidation sites excluding steroid dienone is 1. The summed E-state index contributed by atoms with van der Waals surface area (Å²) < 4.78 is 6.02. The van der Waals surface area contributed by atoms with Gasteiger partial charge >= 0.3 is 0 Å². The Kier molecular flexibility index (Phi) is 2.68. The highest BCUT2D eigenvalue weighted by Crippen LogP contribution is 2.45. The van der Waals surface area contributed by atoms with E-state index in [0.717, 1.165) is 5.75 Å². The summed E-state index contributed by atoms with van der Waals surface area (Å²) in [6.45, 7) is 9.37. The number of anilines is 1. The Morgan fingerprint density at radius 3 is 2.68 bits per heavy atom. The lowest BCUT2D eigenvalue weighted by Crippen LogP contribution is -2.32. The monoisotopic (exact) mass is 291 g/mol. The Morgan fingerprint density at radius 2 is 1.86 bits per heavy atom. The average Bonchev–Trinajstić information content (AvgIpc) is 2.44. The fourth-order valence-electron chi connectivity index (χ4n) is 3.73. The van der Waals surface area contributed by atoms with Crippen LogP contribution in [0.5, 0.6) is 5.75 Å². The molecular formula is C20H21NO. The molecule has 0 aromatic heterocycles. The van der Waals surface area contributed by atoms with Gasteiger partial charge in [0.2, 0.25) is 0 Å². The van der Waals surface area contributed by atoms with Crippen LogP contribution in [0.3, 0.4) is 0 Å². The number of benzene rings is 2. The van der Waals surface area contributed by atoms with E-state index in [0.29, 0.717) is 6.61 Å². The van der Waals surface area contributed by atoms with Gasteiger partial charge in [0.1, 0.15) is 12.4 Å². The summed E-state index contributed by atoms with van der Waals surface area (Å²) >= 11 is 0. The van der Waals surface area contributed by atoms with Gasteiger partial charge in [0.25, 0.3) is 0 Å². The number of fused-ring (bicyclic) bond motifs is 5. The van der Waals surface area contributed by atoms with Gasteiger partial charge in [-0.2, -0.15) is 0 Å². The molecule has 4 rings (SSSR count). The Hall–Kier alpha value is -2.22. The first-order chi connectivity index (χ1) is 10.4. The third-order valence-corrected chi connectivity index (χ3v) is 4.54. The Morgan fingerprint density at radius 1 is 1.05 bits per heavy atom. The normalized spacial score (nSPS) is 17.4. The molecule has 0 unspecified atom stereocenters. The van der Waals surface area contributed by atoms with Crippen LogP contribution in [0.4, 0.5) is 5.69 Å².